The topological polar surface area (TPSA) is 9.23 Å². The molecule has 0 amide bonds. The first kappa shape index (κ1) is 14.1. The zero-order valence-corrected chi connectivity index (χ0v) is 11.5. The molecule has 1 rings (SSSR count). The molecule has 16 heavy (non-hydrogen) atoms. The predicted molar refractivity (Wildman–Crippen MR) is 73.7 cm³/mol. The SMILES string of the molecule is CBC1CCCCCC(OC(C)C)CCC1. The average molecular weight is 224 g/mol. The minimum absolute atomic E-state index is 0.398. The van der Waals surface area contributed by atoms with Crippen LogP contribution in [0.2, 0.25) is 12.6 Å². The molecule has 1 aliphatic carbocycles. The molecule has 0 aromatic heterocycles. The summed E-state index contributed by atoms with van der Waals surface area (Å²) in [4.78, 5) is 0. The van der Waals surface area contributed by atoms with Crippen molar-refractivity contribution in [2.24, 2.45) is 0 Å². The first-order chi connectivity index (χ1) is 7.72. The Morgan fingerprint density at radius 1 is 0.938 bits per heavy atom. The van der Waals surface area contributed by atoms with E-state index in [4.69, 9.17) is 4.74 Å². The van der Waals surface area contributed by atoms with Crippen LogP contribution in [0.15, 0.2) is 0 Å². The van der Waals surface area contributed by atoms with Gasteiger partial charge < -0.3 is 4.74 Å². The second kappa shape index (κ2) is 8.17. The lowest BCUT2D eigenvalue weighted by Gasteiger charge is -2.23. The van der Waals surface area contributed by atoms with Crippen molar-refractivity contribution in [2.45, 2.75) is 90.1 Å². The summed E-state index contributed by atoms with van der Waals surface area (Å²) in [7, 11) is 1.37. The minimum atomic E-state index is 0.398. The van der Waals surface area contributed by atoms with Crippen molar-refractivity contribution in [2.75, 3.05) is 0 Å². The molecule has 0 N–H and O–H groups in total. The molecule has 2 atom stereocenters. The molecule has 1 fully saturated rings. The van der Waals surface area contributed by atoms with Crippen LogP contribution in [0.4, 0.5) is 0 Å². The van der Waals surface area contributed by atoms with E-state index in [0.717, 1.165) is 5.82 Å². The molecule has 0 aromatic rings. The fourth-order valence-corrected chi connectivity index (χ4v) is 2.83. The molecule has 2 unspecified atom stereocenters. The largest absolute Gasteiger partial charge is 0.376 e. The summed E-state index contributed by atoms with van der Waals surface area (Å²) in [5.41, 5.74) is 0. The fraction of sp³-hybridized carbons (Fsp3) is 1.00. The molecule has 0 spiro atoms. The van der Waals surface area contributed by atoms with Gasteiger partial charge in [0, 0.05) is 0 Å². The Bertz CT molecular complexity index is 170. The van der Waals surface area contributed by atoms with Gasteiger partial charge in [0.2, 0.25) is 0 Å². The smallest absolute Gasteiger partial charge is 0.120 e. The number of hydrogen-bond donors (Lipinski definition) is 0. The van der Waals surface area contributed by atoms with Gasteiger partial charge >= 0.3 is 0 Å². The van der Waals surface area contributed by atoms with E-state index in [1.165, 1.54) is 58.6 Å². The maximum Gasteiger partial charge on any atom is 0.120 e. The Balaban J connectivity index is 2.33. The monoisotopic (exact) mass is 224 g/mol. The summed E-state index contributed by atoms with van der Waals surface area (Å²) in [6.07, 6.45) is 12.0. The van der Waals surface area contributed by atoms with E-state index in [2.05, 4.69) is 20.7 Å². The van der Waals surface area contributed by atoms with Crippen LogP contribution in [0.25, 0.3) is 0 Å². The Kier molecular flexibility index (Phi) is 7.19. The molecule has 0 aliphatic heterocycles. The molecule has 94 valence electrons. The van der Waals surface area contributed by atoms with Gasteiger partial charge in [0.05, 0.1) is 12.2 Å². The number of ether oxygens (including phenoxy) is 1. The van der Waals surface area contributed by atoms with Crippen LogP contribution in [0.5, 0.6) is 0 Å². The van der Waals surface area contributed by atoms with Gasteiger partial charge in [-0.3, -0.25) is 0 Å². The highest BCUT2D eigenvalue weighted by Crippen LogP contribution is 2.26. The van der Waals surface area contributed by atoms with Crippen LogP contribution in [0, 0.1) is 0 Å². The molecule has 0 heterocycles. The van der Waals surface area contributed by atoms with Crippen LogP contribution in [0.1, 0.15) is 65.2 Å². The molecule has 1 nitrogen and oxygen atoms in total. The van der Waals surface area contributed by atoms with E-state index in [1.54, 1.807) is 0 Å². The van der Waals surface area contributed by atoms with E-state index in [-0.39, 0.29) is 0 Å². The maximum atomic E-state index is 5.99. The van der Waals surface area contributed by atoms with E-state index in [0.29, 0.717) is 12.2 Å². The standard InChI is InChI=1S/C14H29BO/c1-12(2)16-14-10-6-4-5-8-13(15-3)9-7-11-14/h12-15H,4-11H2,1-3H3. The van der Waals surface area contributed by atoms with Crippen LogP contribution >= 0.6 is 0 Å². The maximum absolute atomic E-state index is 5.99. The van der Waals surface area contributed by atoms with E-state index >= 15 is 0 Å². The lowest BCUT2D eigenvalue weighted by atomic mass is 9.62. The Morgan fingerprint density at radius 2 is 1.56 bits per heavy atom. The highest BCUT2D eigenvalue weighted by atomic mass is 16.5. The van der Waals surface area contributed by atoms with Crippen molar-refractivity contribution in [1.29, 1.82) is 0 Å². The molecular formula is C14H29BO. The summed E-state index contributed by atoms with van der Waals surface area (Å²) < 4.78 is 5.99. The third kappa shape index (κ3) is 5.93. The zero-order valence-electron chi connectivity index (χ0n) is 11.5. The van der Waals surface area contributed by atoms with Crippen molar-refractivity contribution in [1.82, 2.24) is 0 Å². The van der Waals surface area contributed by atoms with Crippen molar-refractivity contribution < 1.29 is 4.74 Å². The molecule has 0 bridgehead atoms. The van der Waals surface area contributed by atoms with Gasteiger partial charge in [0.1, 0.15) is 7.28 Å². The third-order valence-corrected chi connectivity index (χ3v) is 3.82. The number of hydrogen-bond acceptors (Lipinski definition) is 1. The normalized spacial score (nSPS) is 29.0. The first-order valence-corrected chi connectivity index (χ1v) is 7.37. The van der Waals surface area contributed by atoms with E-state index in [9.17, 15) is 0 Å². The Hall–Kier alpha value is 0.0249. The summed E-state index contributed by atoms with van der Waals surface area (Å²) in [6.45, 7) is 6.67. The van der Waals surface area contributed by atoms with E-state index in [1.807, 2.05) is 0 Å². The fourth-order valence-electron chi connectivity index (χ4n) is 2.83. The van der Waals surface area contributed by atoms with E-state index < -0.39 is 0 Å². The highest BCUT2D eigenvalue weighted by Gasteiger charge is 2.15. The Labute approximate surface area is 103 Å². The van der Waals surface area contributed by atoms with Crippen molar-refractivity contribution >= 4 is 7.28 Å². The second-order valence-electron chi connectivity index (χ2n) is 5.65. The minimum Gasteiger partial charge on any atom is -0.376 e. The average Bonchev–Trinajstić information content (AvgIpc) is 2.25. The summed E-state index contributed by atoms with van der Waals surface area (Å²) in [5, 5.41) is 0. The lowest BCUT2D eigenvalue weighted by molar-refractivity contribution is -0.00445. The Morgan fingerprint density at radius 3 is 2.25 bits per heavy atom. The summed E-state index contributed by atoms with van der Waals surface area (Å²) >= 11 is 0. The third-order valence-electron chi connectivity index (χ3n) is 3.82. The first-order valence-electron chi connectivity index (χ1n) is 7.37. The van der Waals surface area contributed by atoms with Crippen LogP contribution < -0.4 is 0 Å². The quantitative estimate of drug-likeness (QED) is 0.653. The molecule has 1 saturated carbocycles. The van der Waals surface area contributed by atoms with Gasteiger partial charge in [0.25, 0.3) is 0 Å². The van der Waals surface area contributed by atoms with Crippen molar-refractivity contribution in [3.63, 3.8) is 0 Å². The molecule has 0 radical (unpaired) electrons. The molecule has 1 aliphatic rings. The van der Waals surface area contributed by atoms with Gasteiger partial charge in [-0.2, -0.15) is 0 Å². The molecule has 0 aromatic carbocycles. The molecule has 0 saturated heterocycles. The molecular weight excluding hydrogens is 195 g/mol. The summed E-state index contributed by atoms with van der Waals surface area (Å²) in [5.74, 6) is 0.984. The zero-order chi connectivity index (χ0) is 11.8. The summed E-state index contributed by atoms with van der Waals surface area (Å²) in [6, 6.07) is 0. The van der Waals surface area contributed by atoms with Gasteiger partial charge in [-0.05, 0) is 26.7 Å². The molecule has 2 heteroatoms. The van der Waals surface area contributed by atoms with Crippen LogP contribution in [-0.4, -0.2) is 19.5 Å². The van der Waals surface area contributed by atoms with Crippen molar-refractivity contribution in [3.05, 3.63) is 0 Å². The van der Waals surface area contributed by atoms with Crippen LogP contribution in [-0.2, 0) is 4.74 Å². The lowest BCUT2D eigenvalue weighted by Crippen LogP contribution is -2.19. The van der Waals surface area contributed by atoms with Crippen LogP contribution in [0.3, 0.4) is 0 Å². The highest BCUT2D eigenvalue weighted by molar-refractivity contribution is 6.35. The van der Waals surface area contributed by atoms with Crippen molar-refractivity contribution in [3.8, 4) is 0 Å². The van der Waals surface area contributed by atoms with Gasteiger partial charge in [0.15, 0.2) is 0 Å². The van der Waals surface area contributed by atoms with Gasteiger partial charge in [-0.1, -0.05) is 51.2 Å². The van der Waals surface area contributed by atoms with Gasteiger partial charge in [-0.25, -0.2) is 0 Å². The van der Waals surface area contributed by atoms with Gasteiger partial charge in [-0.15, -0.1) is 0 Å². The predicted octanol–water partition coefficient (Wildman–Crippen LogP) is 4.19. The number of rotatable bonds is 3. The second-order valence-corrected chi connectivity index (χ2v) is 5.65.